The molecule has 0 bridgehead atoms. The molecule has 138 valence electrons. The average Bonchev–Trinajstić information content (AvgIpc) is 2.76. The first-order valence-electron chi connectivity index (χ1n) is 8.28. The van der Waals surface area contributed by atoms with Crippen LogP contribution in [0.5, 0.6) is 0 Å². The molecule has 1 heterocycles. The van der Waals surface area contributed by atoms with Gasteiger partial charge in [0.15, 0.2) is 0 Å². The van der Waals surface area contributed by atoms with E-state index in [0.29, 0.717) is 19.6 Å². The number of nitrogens with one attached hydrogen (secondary N) is 1. The molecule has 8 heteroatoms. The number of aliphatic hydroxyl groups is 1. The van der Waals surface area contributed by atoms with Crippen LogP contribution in [0.25, 0.3) is 0 Å². The zero-order chi connectivity index (χ0) is 18.2. The van der Waals surface area contributed by atoms with Gasteiger partial charge in [0.1, 0.15) is 0 Å². The number of hydrogen-bond donors (Lipinski definition) is 2. The SMILES string of the molecule is CCSC1CC(=O)N(CCC(=O)NCCOC(C)(C)CCO)C1=O. The van der Waals surface area contributed by atoms with Gasteiger partial charge >= 0.3 is 0 Å². The summed E-state index contributed by atoms with van der Waals surface area (Å²) in [5.74, 6) is 0.178. The molecule has 2 N–H and O–H groups in total. The molecule has 0 aliphatic carbocycles. The third-order valence-electron chi connectivity index (χ3n) is 3.76. The number of likely N-dealkylation sites (tertiary alicyclic amines) is 1. The van der Waals surface area contributed by atoms with Gasteiger partial charge in [-0.2, -0.15) is 0 Å². The van der Waals surface area contributed by atoms with Crippen molar-refractivity contribution in [2.24, 2.45) is 0 Å². The second-order valence-electron chi connectivity index (χ2n) is 6.21. The molecule has 0 saturated carbocycles. The summed E-state index contributed by atoms with van der Waals surface area (Å²) < 4.78 is 5.58. The van der Waals surface area contributed by atoms with Crippen LogP contribution in [0.2, 0.25) is 0 Å². The van der Waals surface area contributed by atoms with Crippen molar-refractivity contribution >= 4 is 29.5 Å². The summed E-state index contributed by atoms with van der Waals surface area (Å²) in [6.45, 7) is 6.57. The molecule has 1 unspecified atom stereocenters. The third-order valence-corrected chi connectivity index (χ3v) is 4.87. The van der Waals surface area contributed by atoms with Crippen molar-refractivity contribution in [2.45, 2.75) is 50.9 Å². The number of carbonyl (C=O) groups is 3. The van der Waals surface area contributed by atoms with Crippen molar-refractivity contribution in [1.82, 2.24) is 10.2 Å². The maximum absolute atomic E-state index is 12.1. The number of carbonyl (C=O) groups excluding carboxylic acids is 3. The summed E-state index contributed by atoms with van der Waals surface area (Å²) >= 11 is 1.46. The van der Waals surface area contributed by atoms with E-state index in [1.54, 1.807) is 0 Å². The van der Waals surface area contributed by atoms with Gasteiger partial charge in [-0.05, 0) is 26.0 Å². The Morgan fingerprint density at radius 2 is 2.17 bits per heavy atom. The molecule has 0 spiro atoms. The van der Waals surface area contributed by atoms with Gasteiger partial charge in [0.25, 0.3) is 0 Å². The van der Waals surface area contributed by atoms with Gasteiger partial charge < -0.3 is 15.2 Å². The molecule has 24 heavy (non-hydrogen) atoms. The number of rotatable bonds is 11. The summed E-state index contributed by atoms with van der Waals surface area (Å²) in [5, 5.41) is 11.3. The minimum Gasteiger partial charge on any atom is -0.396 e. The molecule has 0 radical (unpaired) electrons. The van der Waals surface area contributed by atoms with E-state index >= 15 is 0 Å². The second-order valence-corrected chi connectivity index (χ2v) is 7.69. The van der Waals surface area contributed by atoms with Crippen molar-refractivity contribution in [3.05, 3.63) is 0 Å². The van der Waals surface area contributed by atoms with Gasteiger partial charge in [0.2, 0.25) is 17.7 Å². The lowest BCUT2D eigenvalue weighted by molar-refractivity contribution is -0.138. The molecule has 0 aromatic carbocycles. The highest BCUT2D eigenvalue weighted by Crippen LogP contribution is 2.24. The van der Waals surface area contributed by atoms with Gasteiger partial charge in [-0.1, -0.05) is 6.92 Å². The highest BCUT2D eigenvalue weighted by atomic mass is 32.2. The number of imide groups is 1. The molecule has 0 aromatic rings. The Bertz CT molecular complexity index is 456. The summed E-state index contributed by atoms with van der Waals surface area (Å²) in [6, 6.07) is 0. The van der Waals surface area contributed by atoms with Crippen LogP contribution in [0.3, 0.4) is 0 Å². The fraction of sp³-hybridized carbons (Fsp3) is 0.812. The van der Waals surface area contributed by atoms with E-state index in [-0.39, 0.29) is 49.0 Å². The normalized spacial score (nSPS) is 18.3. The number of hydrogen-bond acceptors (Lipinski definition) is 6. The van der Waals surface area contributed by atoms with Gasteiger partial charge in [-0.3, -0.25) is 19.3 Å². The Morgan fingerprint density at radius 3 is 2.79 bits per heavy atom. The van der Waals surface area contributed by atoms with Gasteiger partial charge in [-0.25, -0.2) is 0 Å². The second kappa shape index (κ2) is 10.0. The quantitative estimate of drug-likeness (QED) is 0.413. The first-order chi connectivity index (χ1) is 11.3. The number of ether oxygens (including phenoxy) is 1. The predicted molar refractivity (Wildman–Crippen MR) is 92.6 cm³/mol. The van der Waals surface area contributed by atoms with E-state index in [9.17, 15) is 14.4 Å². The zero-order valence-electron chi connectivity index (χ0n) is 14.7. The summed E-state index contributed by atoms with van der Waals surface area (Å²) in [6.07, 6.45) is 0.852. The van der Waals surface area contributed by atoms with Gasteiger partial charge in [0.05, 0.1) is 17.5 Å². The molecule has 1 saturated heterocycles. The van der Waals surface area contributed by atoms with E-state index < -0.39 is 5.60 Å². The van der Waals surface area contributed by atoms with Crippen molar-refractivity contribution in [3.63, 3.8) is 0 Å². The summed E-state index contributed by atoms with van der Waals surface area (Å²) in [4.78, 5) is 36.9. The number of amides is 3. The fourth-order valence-corrected chi connectivity index (χ4v) is 3.31. The van der Waals surface area contributed by atoms with E-state index in [1.165, 1.54) is 16.7 Å². The van der Waals surface area contributed by atoms with E-state index in [4.69, 9.17) is 9.84 Å². The molecular weight excluding hydrogens is 332 g/mol. The van der Waals surface area contributed by atoms with Crippen molar-refractivity contribution in [1.29, 1.82) is 0 Å². The number of aliphatic hydroxyl groups excluding tert-OH is 1. The number of nitrogens with zero attached hydrogens (tertiary/aromatic N) is 1. The standard InChI is InChI=1S/C16H28N2O5S/c1-4-24-12-11-14(21)18(15(12)22)8-5-13(20)17-7-10-23-16(2,3)6-9-19/h12,19H,4-11H2,1-3H3,(H,17,20). The van der Waals surface area contributed by atoms with E-state index in [1.807, 2.05) is 20.8 Å². The highest BCUT2D eigenvalue weighted by Gasteiger charge is 2.38. The molecule has 1 aliphatic rings. The van der Waals surface area contributed by atoms with Crippen LogP contribution < -0.4 is 5.32 Å². The lowest BCUT2D eigenvalue weighted by Crippen LogP contribution is -2.37. The summed E-state index contributed by atoms with van der Waals surface area (Å²) in [5.41, 5.74) is -0.431. The van der Waals surface area contributed by atoms with Gasteiger partial charge in [-0.15, -0.1) is 11.8 Å². The Labute approximate surface area is 147 Å². The topological polar surface area (TPSA) is 95.9 Å². The van der Waals surface area contributed by atoms with E-state index in [2.05, 4.69) is 5.32 Å². The van der Waals surface area contributed by atoms with Crippen LogP contribution in [0.4, 0.5) is 0 Å². The minimum absolute atomic E-state index is 0.0502. The Kier molecular flexibility index (Phi) is 8.72. The van der Waals surface area contributed by atoms with Gasteiger partial charge in [0, 0.05) is 32.5 Å². The van der Waals surface area contributed by atoms with Crippen molar-refractivity contribution < 1.29 is 24.2 Å². The maximum atomic E-state index is 12.1. The Hall–Kier alpha value is -1.12. The van der Waals surface area contributed by atoms with Crippen LogP contribution >= 0.6 is 11.8 Å². The molecule has 3 amide bonds. The van der Waals surface area contributed by atoms with Crippen LogP contribution in [0.1, 0.15) is 40.0 Å². The molecule has 1 rings (SSSR count). The third kappa shape index (κ3) is 6.78. The Balaban J connectivity index is 2.24. The van der Waals surface area contributed by atoms with Crippen molar-refractivity contribution in [3.8, 4) is 0 Å². The molecule has 1 fully saturated rings. The highest BCUT2D eigenvalue weighted by molar-refractivity contribution is 8.00. The monoisotopic (exact) mass is 360 g/mol. The zero-order valence-corrected chi connectivity index (χ0v) is 15.5. The summed E-state index contributed by atoms with van der Waals surface area (Å²) in [7, 11) is 0. The van der Waals surface area contributed by atoms with Crippen LogP contribution in [-0.2, 0) is 19.1 Å². The molecule has 0 aromatic heterocycles. The van der Waals surface area contributed by atoms with Crippen molar-refractivity contribution in [2.75, 3.05) is 32.1 Å². The molecular formula is C16H28N2O5S. The average molecular weight is 360 g/mol. The smallest absolute Gasteiger partial charge is 0.242 e. The maximum Gasteiger partial charge on any atom is 0.242 e. The fourth-order valence-electron chi connectivity index (χ4n) is 2.38. The lowest BCUT2D eigenvalue weighted by atomic mass is 10.1. The minimum atomic E-state index is -0.431. The molecule has 1 atom stereocenters. The van der Waals surface area contributed by atoms with E-state index in [0.717, 1.165) is 5.75 Å². The lowest BCUT2D eigenvalue weighted by Gasteiger charge is -2.24. The van der Waals surface area contributed by atoms with Crippen LogP contribution in [0.15, 0.2) is 0 Å². The number of thioether (sulfide) groups is 1. The van der Waals surface area contributed by atoms with Crippen LogP contribution in [-0.4, -0.2) is 70.6 Å². The first kappa shape index (κ1) is 20.9. The largest absolute Gasteiger partial charge is 0.396 e. The first-order valence-corrected chi connectivity index (χ1v) is 9.33. The molecule has 7 nitrogen and oxygen atoms in total. The van der Waals surface area contributed by atoms with Crippen LogP contribution in [0, 0.1) is 0 Å². The Morgan fingerprint density at radius 1 is 1.46 bits per heavy atom. The molecule has 1 aliphatic heterocycles. The predicted octanol–water partition coefficient (Wildman–Crippen LogP) is 0.551.